The molecule has 1 saturated heterocycles. The Kier molecular flexibility index (Phi) is 6.02. The second-order valence-corrected chi connectivity index (χ2v) is 6.42. The number of ether oxygens (including phenoxy) is 1. The molecule has 1 aliphatic rings. The van der Waals surface area contributed by atoms with Crippen molar-refractivity contribution in [1.82, 2.24) is 0 Å². The number of carbonyl (C=O) groups excluding carboxylic acids is 2. The normalized spacial score (nSPS) is 17.0. The van der Waals surface area contributed by atoms with Crippen LogP contribution in [0.3, 0.4) is 0 Å². The highest BCUT2D eigenvalue weighted by molar-refractivity contribution is 6.21. The largest absolute Gasteiger partial charge is 0.494 e. The molecule has 1 atom stereocenters. The van der Waals surface area contributed by atoms with Crippen LogP contribution < -0.4 is 15.0 Å². The van der Waals surface area contributed by atoms with Crippen LogP contribution in [0.1, 0.15) is 25.3 Å². The Bertz CT molecular complexity index is 744. The summed E-state index contributed by atoms with van der Waals surface area (Å²) in [5.41, 5.74) is 1.91. The molecule has 0 aliphatic carbocycles. The molecule has 5 nitrogen and oxygen atoms in total. The van der Waals surface area contributed by atoms with E-state index in [1.54, 1.807) is 24.3 Å². The van der Waals surface area contributed by atoms with Crippen LogP contribution in [0.4, 0.5) is 5.69 Å². The molecule has 0 saturated carbocycles. The van der Waals surface area contributed by atoms with Gasteiger partial charge in [-0.2, -0.15) is 0 Å². The second-order valence-electron chi connectivity index (χ2n) is 6.42. The molecule has 1 heterocycles. The predicted octanol–water partition coefficient (Wildman–Crippen LogP) is 1.91. The lowest BCUT2D eigenvalue weighted by atomic mass is 10.1. The fraction of sp³-hybridized carbons (Fsp3) is 0.333. The molecule has 2 N–H and O–H groups in total. The summed E-state index contributed by atoms with van der Waals surface area (Å²) in [5, 5.41) is 2.00. The number of anilines is 1. The van der Waals surface area contributed by atoms with E-state index < -0.39 is 0 Å². The minimum atomic E-state index is -0.315. The molecule has 26 heavy (non-hydrogen) atoms. The molecule has 5 heteroatoms. The van der Waals surface area contributed by atoms with E-state index in [1.807, 2.05) is 30.4 Å². The van der Waals surface area contributed by atoms with Crippen LogP contribution in [0.2, 0.25) is 0 Å². The van der Waals surface area contributed by atoms with E-state index in [0.717, 1.165) is 25.1 Å². The zero-order valence-corrected chi connectivity index (χ0v) is 15.1. The minimum Gasteiger partial charge on any atom is -0.494 e. The Morgan fingerprint density at radius 3 is 2.50 bits per heavy atom. The number of amides is 2. The van der Waals surface area contributed by atoms with Gasteiger partial charge in [0.05, 0.1) is 25.3 Å². The van der Waals surface area contributed by atoms with Crippen molar-refractivity contribution < 1.29 is 19.6 Å². The van der Waals surface area contributed by atoms with E-state index in [0.29, 0.717) is 12.3 Å². The lowest BCUT2D eigenvalue weighted by Crippen LogP contribution is -2.91. The standard InChI is InChI=1S/C21H24N2O3/c1-2-26-18-12-10-17(11-13-18)23-20(24)15-19(21(23)25)22-14-6-9-16-7-4-3-5-8-16/h3-5,7-8,10-13,19,22H,2,6,9,14-15H2,1H3/p+1/t19-/m1/s1. The molecule has 0 radical (unpaired) electrons. The first-order valence-corrected chi connectivity index (χ1v) is 9.16. The summed E-state index contributed by atoms with van der Waals surface area (Å²) in [6, 6.07) is 17.1. The van der Waals surface area contributed by atoms with Gasteiger partial charge in [0, 0.05) is 6.42 Å². The maximum Gasteiger partial charge on any atom is 0.292 e. The summed E-state index contributed by atoms with van der Waals surface area (Å²) in [7, 11) is 0. The van der Waals surface area contributed by atoms with Crippen molar-refractivity contribution in [2.24, 2.45) is 0 Å². The highest BCUT2D eigenvalue weighted by Crippen LogP contribution is 2.24. The number of aryl methyl sites for hydroxylation is 1. The smallest absolute Gasteiger partial charge is 0.292 e. The predicted molar refractivity (Wildman–Crippen MR) is 100 cm³/mol. The molecule has 2 amide bonds. The van der Waals surface area contributed by atoms with Gasteiger partial charge in [-0.15, -0.1) is 0 Å². The minimum absolute atomic E-state index is 0.126. The van der Waals surface area contributed by atoms with E-state index in [1.165, 1.54) is 10.5 Å². The summed E-state index contributed by atoms with van der Waals surface area (Å²) in [5.74, 6) is 0.474. The fourth-order valence-electron chi connectivity index (χ4n) is 3.24. The number of hydrogen-bond acceptors (Lipinski definition) is 3. The van der Waals surface area contributed by atoms with Gasteiger partial charge >= 0.3 is 0 Å². The van der Waals surface area contributed by atoms with Gasteiger partial charge < -0.3 is 10.1 Å². The number of quaternary nitrogens is 1. The van der Waals surface area contributed by atoms with Gasteiger partial charge in [0.25, 0.3) is 5.91 Å². The van der Waals surface area contributed by atoms with Crippen LogP contribution in [-0.4, -0.2) is 31.0 Å². The molecule has 0 spiro atoms. The second kappa shape index (κ2) is 8.63. The average molecular weight is 353 g/mol. The van der Waals surface area contributed by atoms with Gasteiger partial charge in [0.15, 0.2) is 6.04 Å². The van der Waals surface area contributed by atoms with E-state index >= 15 is 0 Å². The van der Waals surface area contributed by atoms with Crippen LogP contribution in [0, 0.1) is 0 Å². The lowest BCUT2D eigenvalue weighted by Gasteiger charge is -2.15. The first kappa shape index (κ1) is 18.1. The molecule has 2 aromatic rings. The Morgan fingerprint density at radius 1 is 1.08 bits per heavy atom. The third kappa shape index (κ3) is 4.29. The quantitative estimate of drug-likeness (QED) is 0.582. The molecule has 0 bridgehead atoms. The van der Waals surface area contributed by atoms with Crippen molar-refractivity contribution in [3.8, 4) is 5.75 Å². The van der Waals surface area contributed by atoms with E-state index in [9.17, 15) is 9.59 Å². The van der Waals surface area contributed by atoms with Crippen molar-refractivity contribution in [2.45, 2.75) is 32.2 Å². The van der Waals surface area contributed by atoms with Gasteiger partial charge in [0.1, 0.15) is 5.75 Å². The summed E-state index contributed by atoms with van der Waals surface area (Å²) in [6.45, 7) is 3.33. The van der Waals surface area contributed by atoms with Crippen LogP contribution >= 0.6 is 0 Å². The number of nitrogens with zero attached hydrogens (tertiary/aromatic N) is 1. The summed E-state index contributed by atoms with van der Waals surface area (Å²) in [6.07, 6.45) is 2.22. The third-order valence-electron chi connectivity index (χ3n) is 4.55. The van der Waals surface area contributed by atoms with E-state index in [-0.39, 0.29) is 24.3 Å². The van der Waals surface area contributed by atoms with Gasteiger partial charge in [-0.25, -0.2) is 4.90 Å². The highest BCUT2D eigenvalue weighted by atomic mass is 16.5. The zero-order chi connectivity index (χ0) is 18.4. The Labute approximate surface area is 154 Å². The van der Waals surface area contributed by atoms with Crippen molar-refractivity contribution in [3.05, 3.63) is 60.2 Å². The molecule has 3 rings (SSSR count). The van der Waals surface area contributed by atoms with Crippen LogP contribution in [-0.2, 0) is 16.0 Å². The molecule has 1 aliphatic heterocycles. The van der Waals surface area contributed by atoms with Crippen LogP contribution in [0.15, 0.2) is 54.6 Å². The first-order chi connectivity index (χ1) is 12.7. The van der Waals surface area contributed by atoms with Gasteiger partial charge in [-0.05, 0) is 43.2 Å². The van der Waals surface area contributed by atoms with Crippen molar-refractivity contribution >= 4 is 17.5 Å². The van der Waals surface area contributed by atoms with E-state index in [2.05, 4.69) is 12.1 Å². The molecule has 1 fully saturated rings. The van der Waals surface area contributed by atoms with E-state index in [4.69, 9.17) is 4.74 Å². The zero-order valence-electron chi connectivity index (χ0n) is 15.1. The van der Waals surface area contributed by atoms with Gasteiger partial charge in [-0.1, -0.05) is 30.3 Å². The molecule has 0 aromatic heterocycles. The maximum absolute atomic E-state index is 12.6. The maximum atomic E-state index is 12.6. The fourth-order valence-corrected chi connectivity index (χ4v) is 3.24. The lowest BCUT2D eigenvalue weighted by molar-refractivity contribution is -0.674. The number of imide groups is 1. The third-order valence-corrected chi connectivity index (χ3v) is 4.55. The highest BCUT2D eigenvalue weighted by Gasteiger charge is 2.41. The summed E-state index contributed by atoms with van der Waals surface area (Å²) < 4.78 is 5.41. The average Bonchev–Trinajstić information content (AvgIpc) is 2.94. The summed E-state index contributed by atoms with van der Waals surface area (Å²) in [4.78, 5) is 26.2. The first-order valence-electron chi connectivity index (χ1n) is 9.16. The molecule has 2 aromatic carbocycles. The SMILES string of the molecule is CCOc1ccc(N2C(=O)C[C@@H]([NH2+]CCCc3ccccc3)C2=O)cc1. The van der Waals surface area contributed by atoms with Crippen molar-refractivity contribution in [1.29, 1.82) is 0 Å². The van der Waals surface area contributed by atoms with Crippen molar-refractivity contribution in [3.63, 3.8) is 0 Å². The Hall–Kier alpha value is -2.66. The van der Waals surface area contributed by atoms with Crippen molar-refractivity contribution in [2.75, 3.05) is 18.1 Å². The number of rotatable bonds is 8. The van der Waals surface area contributed by atoms with Gasteiger partial charge in [0.2, 0.25) is 5.91 Å². The van der Waals surface area contributed by atoms with Crippen LogP contribution in [0.5, 0.6) is 5.75 Å². The van der Waals surface area contributed by atoms with Gasteiger partial charge in [-0.3, -0.25) is 9.59 Å². The van der Waals surface area contributed by atoms with Crippen LogP contribution in [0.25, 0.3) is 0 Å². The number of hydrogen-bond donors (Lipinski definition) is 1. The number of nitrogens with two attached hydrogens (primary N) is 1. The monoisotopic (exact) mass is 353 g/mol. The summed E-state index contributed by atoms with van der Waals surface area (Å²) >= 11 is 0. The Morgan fingerprint density at radius 2 is 1.81 bits per heavy atom. The topological polar surface area (TPSA) is 63.2 Å². The molecular formula is C21H25N2O3+. The number of carbonyl (C=O) groups is 2. The molecule has 136 valence electrons. The molecular weight excluding hydrogens is 328 g/mol. The Balaban J connectivity index is 1.53. The molecule has 0 unspecified atom stereocenters. The number of benzene rings is 2.